The van der Waals surface area contributed by atoms with Gasteiger partial charge in [0.05, 0.1) is 0 Å². The van der Waals surface area contributed by atoms with Crippen LogP contribution >= 0.6 is 0 Å². The van der Waals surface area contributed by atoms with Gasteiger partial charge in [0, 0.05) is 0 Å². The van der Waals surface area contributed by atoms with E-state index >= 15 is 0 Å². The fraction of sp³-hybridized carbons (Fsp3) is 0. The SMILES string of the molecule is [Co+2].[Co+2].[Cr+3].[Cr+3].[Ni+2].[Ni+2].[O-2].[O-2].[O-2].[O-2].[O-2].[O-2].[O-2]. The molecule has 13 heteroatoms. The molecule has 0 aromatic heterocycles. The molecule has 4 radical (unpaired) electrons. The van der Waals surface area contributed by atoms with E-state index < -0.39 is 0 Å². The molecular weight excluding hydrogens is 451 g/mol. The molecule has 0 N–H and O–H groups in total. The summed E-state index contributed by atoms with van der Waals surface area (Å²) in [5, 5.41) is 0. The summed E-state index contributed by atoms with van der Waals surface area (Å²) in [6, 6.07) is 0. The van der Waals surface area contributed by atoms with E-state index in [4.69, 9.17) is 0 Å². The molecule has 0 aliphatic rings. The van der Waals surface area contributed by atoms with Crippen molar-refractivity contribution in [1.82, 2.24) is 0 Å². The largest absolute Gasteiger partial charge is 3.00 e. The number of hydrogen-bond donors (Lipinski definition) is 0. The van der Waals surface area contributed by atoms with Crippen molar-refractivity contribution in [3.63, 3.8) is 0 Å². The average Bonchev–Trinajstić information content (AvgIpc) is 0. The fourth-order valence-corrected chi connectivity index (χ4v) is 0. The van der Waals surface area contributed by atoms with Crippen LogP contribution in [0.3, 0.4) is 0 Å². The van der Waals surface area contributed by atoms with Crippen LogP contribution in [0.4, 0.5) is 0 Å². The standard InChI is InChI=1S/2Co.2Cr.2Ni.7O/q2*+2;2*+3;2*+2;7*-2. The molecule has 0 unspecified atom stereocenters. The normalized spacial score (nSPS) is 0. The molecule has 0 spiro atoms. The van der Waals surface area contributed by atoms with Crippen LogP contribution in [0, 0.1) is 0 Å². The maximum atomic E-state index is 0. The molecule has 0 atom stereocenters. The van der Waals surface area contributed by atoms with Crippen molar-refractivity contribution in [1.29, 1.82) is 0 Å². The summed E-state index contributed by atoms with van der Waals surface area (Å²) < 4.78 is 0. The summed E-state index contributed by atoms with van der Waals surface area (Å²) in [6.45, 7) is 0. The van der Waals surface area contributed by atoms with E-state index in [-0.39, 0.29) is 140 Å². The van der Waals surface area contributed by atoms with Crippen LogP contribution in [-0.4, -0.2) is 0 Å². The summed E-state index contributed by atoms with van der Waals surface area (Å²) in [7, 11) is 0. The van der Waals surface area contributed by atoms with E-state index in [2.05, 4.69) is 0 Å². The first kappa shape index (κ1) is 445. The van der Waals surface area contributed by atoms with Gasteiger partial charge >= 0.3 is 101 Å². The maximum absolute atomic E-state index is 0. The topological polar surface area (TPSA) is 200 Å². The van der Waals surface area contributed by atoms with E-state index in [0.29, 0.717) is 0 Å². The zero-order chi connectivity index (χ0) is 0. The molecule has 0 aliphatic carbocycles. The second-order valence-electron chi connectivity index (χ2n) is 0. The van der Waals surface area contributed by atoms with Crippen LogP contribution in [-0.2, 0) is 140 Å². The molecular formula is Co2Cr2Ni2O7. The fourth-order valence-electron chi connectivity index (χ4n) is 0. The third-order valence-electron chi connectivity index (χ3n) is 0. The minimum Gasteiger partial charge on any atom is -2.00 e. The maximum Gasteiger partial charge on any atom is 3.00 e. The first-order valence-corrected chi connectivity index (χ1v) is 0. The summed E-state index contributed by atoms with van der Waals surface area (Å²) in [5.41, 5.74) is 0. The summed E-state index contributed by atoms with van der Waals surface area (Å²) in [5.74, 6) is 0. The van der Waals surface area contributed by atoms with Gasteiger partial charge in [0.15, 0.2) is 0 Å². The Kier molecular flexibility index (Phi) is 12400. The molecule has 0 aromatic carbocycles. The molecule has 0 saturated carbocycles. The van der Waals surface area contributed by atoms with Gasteiger partial charge in [0.1, 0.15) is 0 Å². The summed E-state index contributed by atoms with van der Waals surface area (Å²) in [4.78, 5) is 0. The van der Waals surface area contributed by atoms with Gasteiger partial charge in [0.25, 0.3) is 0 Å². The second kappa shape index (κ2) is 362. The van der Waals surface area contributed by atoms with E-state index in [1.54, 1.807) is 0 Å². The smallest absolute Gasteiger partial charge is 2.00 e. The molecule has 92 valence electrons. The predicted octanol–water partition coefficient (Wildman–Crippen LogP) is -0.847. The van der Waals surface area contributed by atoms with Crippen LogP contribution in [0.15, 0.2) is 0 Å². The quantitative estimate of drug-likeness (QED) is 0.414. The van der Waals surface area contributed by atoms with Gasteiger partial charge in [-0.25, -0.2) is 0 Å². The molecule has 0 rings (SSSR count). The van der Waals surface area contributed by atoms with E-state index in [0.717, 1.165) is 0 Å². The molecule has 7 nitrogen and oxygen atoms in total. The second-order valence-corrected chi connectivity index (χ2v) is 0. The number of rotatable bonds is 0. The van der Waals surface area contributed by atoms with Crippen molar-refractivity contribution in [2.45, 2.75) is 0 Å². The molecule has 0 fully saturated rings. The van der Waals surface area contributed by atoms with Crippen molar-refractivity contribution < 1.29 is 140 Å². The van der Waals surface area contributed by atoms with Gasteiger partial charge in [-0.1, -0.05) is 0 Å². The summed E-state index contributed by atoms with van der Waals surface area (Å²) >= 11 is 0. The molecule has 0 heterocycles. The molecule has 0 amide bonds. The van der Waals surface area contributed by atoms with Gasteiger partial charge in [-0.05, 0) is 0 Å². The predicted molar refractivity (Wildman–Crippen MR) is 4.81 cm³/mol. The third-order valence-corrected chi connectivity index (χ3v) is 0. The van der Waals surface area contributed by atoms with Crippen molar-refractivity contribution in [3.05, 3.63) is 0 Å². The Hall–Kier alpha value is 2.78. The molecule has 13 heavy (non-hydrogen) atoms. The van der Waals surface area contributed by atoms with Gasteiger partial charge in [0.2, 0.25) is 0 Å². The average molecular weight is 451 g/mol. The van der Waals surface area contributed by atoms with Crippen molar-refractivity contribution in [3.8, 4) is 0 Å². The van der Waals surface area contributed by atoms with Crippen LogP contribution in [0.5, 0.6) is 0 Å². The zero-order valence-corrected chi connectivity index (χ0v) is 11.6. The zero-order valence-electron chi connectivity index (χ0n) is 4.97. The van der Waals surface area contributed by atoms with Crippen LogP contribution < -0.4 is 0 Å². The van der Waals surface area contributed by atoms with Gasteiger partial charge in [-0.3, -0.25) is 0 Å². The minimum absolute atomic E-state index is 0. The van der Waals surface area contributed by atoms with E-state index in [1.807, 2.05) is 0 Å². The van der Waals surface area contributed by atoms with E-state index in [1.165, 1.54) is 0 Å². The third kappa shape index (κ3) is 312. The van der Waals surface area contributed by atoms with E-state index in [9.17, 15) is 0 Å². The Morgan fingerprint density at radius 1 is 0.308 bits per heavy atom. The molecule has 0 aromatic rings. The monoisotopic (exact) mass is 450 g/mol. The van der Waals surface area contributed by atoms with Crippen molar-refractivity contribution in [2.24, 2.45) is 0 Å². The van der Waals surface area contributed by atoms with Gasteiger partial charge < -0.3 is 38.3 Å². The Morgan fingerprint density at radius 2 is 0.308 bits per heavy atom. The molecule has 0 saturated heterocycles. The molecule has 0 bridgehead atoms. The van der Waals surface area contributed by atoms with Crippen molar-refractivity contribution in [2.75, 3.05) is 0 Å². The van der Waals surface area contributed by atoms with Crippen LogP contribution in [0.1, 0.15) is 0 Å². The Bertz CT molecular complexity index is 22.5. The van der Waals surface area contributed by atoms with Gasteiger partial charge in [-0.15, -0.1) is 0 Å². The van der Waals surface area contributed by atoms with Crippen LogP contribution in [0.25, 0.3) is 0 Å². The summed E-state index contributed by atoms with van der Waals surface area (Å²) in [6.07, 6.45) is 0. The number of hydrogen-bond acceptors (Lipinski definition) is 0. The van der Waals surface area contributed by atoms with Crippen LogP contribution in [0.2, 0.25) is 0 Å². The van der Waals surface area contributed by atoms with Crippen molar-refractivity contribution >= 4 is 0 Å². The first-order chi connectivity index (χ1) is 0. The minimum atomic E-state index is 0. The Labute approximate surface area is 138 Å². The Balaban J connectivity index is 0. The van der Waals surface area contributed by atoms with Gasteiger partial charge in [-0.2, -0.15) is 0 Å². The Morgan fingerprint density at radius 3 is 0.308 bits per heavy atom. The molecule has 0 aliphatic heterocycles. The first-order valence-electron chi connectivity index (χ1n) is 0.